The number of carbonyl (C=O) groups is 4. The summed E-state index contributed by atoms with van der Waals surface area (Å²) < 4.78 is 0.201. The molecule has 6 nitrogen and oxygen atoms in total. The molecule has 33 heavy (non-hydrogen) atoms. The summed E-state index contributed by atoms with van der Waals surface area (Å²) in [6.45, 7) is 0. The Morgan fingerprint density at radius 2 is 1.70 bits per heavy atom. The van der Waals surface area contributed by atoms with Crippen molar-refractivity contribution >= 4 is 50.1 Å². The molecule has 0 bridgehead atoms. The minimum atomic E-state index is -0.565. The summed E-state index contributed by atoms with van der Waals surface area (Å²) in [4.78, 5) is 51.6. The average molecular weight is 504 g/mol. The predicted octanol–water partition coefficient (Wildman–Crippen LogP) is 3.60. The van der Waals surface area contributed by atoms with Gasteiger partial charge in [-0.3, -0.25) is 24.5 Å². The normalized spacial score (nSPS) is 28.8. The average Bonchev–Trinajstić information content (AvgIpc) is 3.10. The van der Waals surface area contributed by atoms with Gasteiger partial charge in [-0.25, -0.2) is 0 Å². The second-order valence-electron chi connectivity index (χ2n) is 8.97. The zero-order valence-corrected chi connectivity index (χ0v) is 18.9. The van der Waals surface area contributed by atoms with E-state index < -0.39 is 17.8 Å². The Labute approximate surface area is 197 Å². The maximum absolute atomic E-state index is 13.3. The van der Waals surface area contributed by atoms with Crippen molar-refractivity contribution < 1.29 is 24.3 Å². The molecule has 6 rings (SSSR count). The molecule has 2 aromatic carbocycles. The number of aromatic hydroxyl groups is 1. The first-order valence-corrected chi connectivity index (χ1v) is 11.6. The molecule has 2 amide bonds. The van der Waals surface area contributed by atoms with Gasteiger partial charge in [-0.2, -0.15) is 0 Å². The van der Waals surface area contributed by atoms with E-state index in [1.165, 1.54) is 6.08 Å². The van der Waals surface area contributed by atoms with Crippen molar-refractivity contribution in [2.75, 3.05) is 0 Å². The van der Waals surface area contributed by atoms with E-state index in [1.54, 1.807) is 12.1 Å². The summed E-state index contributed by atoms with van der Waals surface area (Å²) in [5.41, 5.74) is 2.50. The first-order chi connectivity index (χ1) is 15.9. The molecule has 164 valence electrons. The van der Waals surface area contributed by atoms with Gasteiger partial charge in [0.05, 0.1) is 16.3 Å². The van der Waals surface area contributed by atoms with Crippen LogP contribution in [0.15, 0.2) is 69.8 Å². The maximum Gasteiger partial charge on any atom is 0.231 e. The zero-order chi connectivity index (χ0) is 23.0. The first kappa shape index (κ1) is 20.3. The van der Waals surface area contributed by atoms with E-state index in [-0.39, 0.29) is 46.0 Å². The molecule has 1 heterocycles. The molecule has 0 unspecified atom stereocenters. The number of amides is 2. The lowest BCUT2D eigenvalue weighted by Crippen LogP contribution is -2.39. The number of phenolic OH excluding ortho intramolecular Hbond substituents is 1. The van der Waals surface area contributed by atoms with Crippen molar-refractivity contribution in [3.8, 4) is 5.75 Å². The van der Waals surface area contributed by atoms with Gasteiger partial charge < -0.3 is 5.11 Å². The summed E-state index contributed by atoms with van der Waals surface area (Å²) in [5.74, 6) is -2.90. The van der Waals surface area contributed by atoms with Crippen molar-refractivity contribution in [1.29, 1.82) is 0 Å². The molecule has 1 aliphatic heterocycles. The summed E-state index contributed by atoms with van der Waals surface area (Å²) in [6.07, 6.45) is 3.94. The Kier molecular flexibility index (Phi) is 4.36. The third-order valence-corrected chi connectivity index (χ3v) is 8.01. The number of Topliss-reactive ketones (excluding diaryl/α,β-unsaturated/α-hetero) is 1. The SMILES string of the molecule is O=C1C=C(Br)C(=O)C2=C1[C@@H](c1ccc(O)c3ccccc13)C1=CC[C@@H]3C(=O)NC(=O)[C@@H]3[C@@H]1C2. The maximum atomic E-state index is 13.3. The van der Waals surface area contributed by atoms with Crippen LogP contribution < -0.4 is 5.32 Å². The van der Waals surface area contributed by atoms with Crippen LogP contribution in [0.5, 0.6) is 5.75 Å². The number of imide groups is 1. The van der Waals surface area contributed by atoms with Crippen LogP contribution in [0.3, 0.4) is 0 Å². The van der Waals surface area contributed by atoms with E-state index in [2.05, 4.69) is 21.2 Å². The van der Waals surface area contributed by atoms with Crippen LogP contribution in [-0.4, -0.2) is 28.5 Å². The van der Waals surface area contributed by atoms with E-state index in [9.17, 15) is 24.3 Å². The van der Waals surface area contributed by atoms with Crippen molar-refractivity contribution in [2.45, 2.75) is 18.8 Å². The lowest BCUT2D eigenvalue weighted by atomic mass is 9.59. The number of hydrogen-bond donors (Lipinski definition) is 2. The van der Waals surface area contributed by atoms with E-state index >= 15 is 0 Å². The number of nitrogens with one attached hydrogen (secondary N) is 1. The van der Waals surface area contributed by atoms with Crippen LogP contribution in [0, 0.1) is 17.8 Å². The van der Waals surface area contributed by atoms with Gasteiger partial charge in [0, 0.05) is 28.5 Å². The third-order valence-electron chi connectivity index (χ3n) is 7.42. The standard InChI is InChI=1S/C26H18BrNO5/c27-18-10-20(30)23-17(24(18)31)9-16-14(5-6-15-22(16)26(33)28-25(15)32)21(23)13-7-8-19(29)12-4-2-1-3-11(12)13/h1-5,7-8,10,15-16,21-22,29H,6,9H2,(H,28,32,33)/t15-,16+,21-,22-/m0/s1. The summed E-state index contributed by atoms with van der Waals surface area (Å²) in [7, 11) is 0. The molecule has 4 atom stereocenters. The largest absolute Gasteiger partial charge is 0.507 e. The highest BCUT2D eigenvalue weighted by atomic mass is 79.9. The fourth-order valence-corrected chi connectivity index (χ4v) is 6.48. The number of carbonyl (C=O) groups excluding carboxylic acids is 4. The number of hydrogen-bond acceptors (Lipinski definition) is 5. The summed E-state index contributed by atoms with van der Waals surface area (Å²) >= 11 is 3.22. The number of allylic oxidation sites excluding steroid dienone is 6. The van der Waals surface area contributed by atoms with Gasteiger partial charge in [-0.05, 0) is 51.7 Å². The minimum absolute atomic E-state index is 0.128. The number of rotatable bonds is 1. The quantitative estimate of drug-likeness (QED) is 0.351. The minimum Gasteiger partial charge on any atom is -0.507 e. The predicted molar refractivity (Wildman–Crippen MR) is 123 cm³/mol. The molecule has 0 spiro atoms. The topological polar surface area (TPSA) is 101 Å². The molecule has 2 aromatic rings. The smallest absolute Gasteiger partial charge is 0.231 e. The van der Waals surface area contributed by atoms with Crippen LogP contribution >= 0.6 is 15.9 Å². The molecule has 1 saturated heterocycles. The van der Waals surface area contributed by atoms with Gasteiger partial charge in [-0.1, -0.05) is 42.0 Å². The second kappa shape index (κ2) is 7.09. The van der Waals surface area contributed by atoms with Gasteiger partial charge in [0.25, 0.3) is 0 Å². The molecule has 2 N–H and O–H groups in total. The van der Waals surface area contributed by atoms with Gasteiger partial charge >= 0.3 is 0 Å². The van der Waals surface area contributed by atoms with Crippen LogP contribution in [0.25, 0.3) is 10.8 Å². The van der Waals surface area contributed by atoms with E-state index in [0.717, 1.165) is 16.5 Å². The third kappa shape index (κ3) is 2.78. The van der Waals surface area contributed by atoms with Crippen LogP contribution in [0.1, 0.15) is 24.3 Å². The Morgan fingerprint density at radius 3 is 2.48 bits per heavy atom. The second-order valence-corrected chi connectivity index (χ2v) is 9.82. The fourth-order valence-electron chi connectivity index (χ4n) is 6.03. The van der Waals surface area contributed by atoms with Gasteiger partial charge in [0.15, 0.2) is 11.6 Å². The number of halogens is 1. The Hall–Kier alpha value is -3.32. The van der Waals surface area contributed by atoms with E-state index in [1.807, 2.05) is 30.3 Å². The molecule has 7 heteroatoms. The monoisotopic (exact) mass is 503 g/mol. The molecule has 0 aromatic heterocycles. The number of ketones is 2. The van der Waals surface area contributed by atoms with Gasteiger partial charge in [-0.15, -0.1) is 0 Å². The summed E-state index contributed by atoms with van der Waals surface area (Å²) in [6, 6.07) is 10.8. The number of phenols is 1. The lowest BCUT2D eigenvalue weighted by Gasteiger charge is -2.42. The fraction of sp³-hybridized carbons (Fsp3) is 0.231. The molecule has 3 aliphatic carbocycles. The molecule has 4 aliphatic rings. The zero-order valence-electron chi connectivity index (χ0n) is 17.3. The highest BCUT2D eigenvalue weighted by Crippen LogP contribution is 2.55. The molecule has 0 radical (unpaired) electrons. The Balaban J connectivity index is 1.63. The summed E-state index contributed by atoms with van der Waals surface area (Å²) in [5, 5.41) is 14.3. The number of fused-ring (bicyclic) bond motifs is 4. The van der Waals surface area contributed by atoms with Crippen LogP contribution in [-0.2, 0) is 19.2 Å². The van der Waals surface area contributed by atoms with E-state index in [4.69, 9.17) is 0 Å². The van der Waals surface area contributed by atoms with Crippen molar-refractivity contribution in [1.82, 2.24) is 5.32 Å². The Bertz CT molecular complexity index is 1420. The van der Waals surface area contributed by atoms with Crippen molar-refractivity contribution in [2.24, 2.45) is 17.8 Å². The molecule has 0 saturated carbocycles. The molecular weight excluding hydrogens is 486 g/mol. The van der Waals surface area contributed by atoms with Crippen molar-refractivity contribution in [3.63, 3.8) is 0 Å². The van der Waals surface area contributed by atoms with Gasteiger partial charge in [0.1, 0.15) is 5.75 Å². The van der Waals surface area contributed by atoms with Crippen LogP contribution in [0.2, 0.25) is 0 Å². The Morgan fingerprint density at radius 1 is 0.939 bits per heavy atom. The lowest BCUT2D eigenvalue weighted by molar-refractivity contribution is -0.126. The van der Waals surface area contributed by atoms with Gasteiger partial charge in [0.2, 0.25) is 11.8 Å². The highest BCUT2D eigenvalue weighted by molar-refractivity contribution is 9.12. The highest BCUT2D eigenvalue weighted by Gasteiger charge is 2.53. The molecule has 1 fully saturated rings. The molecular formula is C26H18BrNO5. The van der Waals surface area contributed by atoms with Crippen LogP contribution in [0.4, 0.5) is 0 Å². The number of benzene rings is 2. The first-order valence-electron chi connectivity index (χ1n) is 10.8. The van der Waals surface area contributed by atoms with E-state index in [0.29, 0.717) is 23.0 Å². The van der Waals surface area contributed by atoms with Crippen molar-refractivity contribution in [3.05, 3.63) is 75.3 Å².